The van der Waals surface area contributed by atoms with Gasteiger partial charge in [-0.2, -0.15) is 0 Å². The molecule has 0 saturated heterocycles. The molecule has 0 aliphatic heterocycles. The molecule has 0 aromatic rings. The maximum Gasteiger partial charge on any atom is 0.237 e. The molecule has 0 radical (unpaired) electrons. The lowest BCUT2D eigenvalue weighted by atomic mass is 10.0. The highest BCUT2D eigenvalue weighted by atomic mass is 16.2. The van der Waals surface area contributed by atoms with Crippen LogP contribution in [0.3, 0.4) is 0 Å². The Morgan fingerprint density at radius 1 is 1.00 bits per heavy atom. The molecule has 1 atom stereocenters. The third kappa shape index (κ3) is 8.74. The molecular formula is C18H39N3O. The van der Waals surface area contributed by atoms with E-state index >= 15 is 0 Å². The SMILES string of the molecule is CCCCCCNC(=O)[C@H](CCCCN)N(C(C)C)C(C)C. The van der Waals surface area contributed by atoms with Crippen molar-refractivity contribution in [3.8, 4) is 0 Å². The van der Waals surface area contributed by atoms with E-state index in [0.29, 0.717) is 18.6 Å². The van der Waals surface area contributed by atoms with E-state index < -0.39 is 0 Å². The molecule has 4 nitrogen and oxygen atoms in total. The lowest BCUT2D eigenvalue weighted by molar-refractivity contribution is -0.128. The van der Waals surface area contributed by atoms with Gasteiger partial charge < -0.3 is 11.1 Å². The van der Waals surface area contributed by atoms with Gasteiger partial charge in [-0.3, -0.25) is 9.69 Å². The van der Waals surface area contributed by atoms with Crippen molar-refractivity contribution < 1.29 is 4.79 Å². The second-order valence-corrected chi connectivity index (χ2v) is 6.79. The van der Waals surface area contributed by atoms with E-state index in [1.807, 2.05) is 0 Å². The quantitative estimate of drug-likeness (QED) is 0.513. The Kier molecular flexibility index (Phi) is 12.5. The smallest absolute Gasteiger partial charge is 0.237 e. The summed E-state index contributed by atoms with van der Waals surface area (Å²) in [6.45, 7) is 12.4. The summed E-state index contributed by atoms with van der Waals surface area (Å²) in [5.41, 5.74) is 5.60. The number of nitrogens with two attached hydrogens (primary N) is 1. The van der Waals surface area contributed by atoms with Crippen molar-refractivity contribution in [2.24, 2.45) is 5.73 Å². The molecule has 132 valence electrons. The minimum Gasteiger partial charge on any atom is -0.355 e. The molecule has 0 fully saturated rings. The summed E-state index contributed by atoms with van der Waals surface area (Å²) in [4.78, 5) is 15.0. The first kappa shape index (κ1) is 21.4. The molecule has 0 saturated carbocycles. The topological polar surface area (TPSA) is 58.4 Å². The lowest BCUT2D eigenvalue weighted by Crippen LogP contribution is -2.52. The normalized spacial score (nSPS) is 13.1. The fourth-order valence-corrected chi connectivity index (χ4v) is 3.09. The molecule has 0 unspecified atom stereocenters. The highest BCUT2D eigenvalue weighted by molar-refractivity contribution is 5.81. The number of rotatable bonds is 13. The standard InChI is InChI=1S/C18H39N3O/c1-6-7-8-11-14-20-18(22)17(12-9-10-13-19)21(15(2)3)16(4)5/h15-17H,6-14,19H2,1-5H3,(H,20,22)/t17-/m0/s1. The molecule has 0 aliphatic rings. The summed E-state index contributed by atoms with van der Waals surface area (Å²) in [6, 6.07) is 0.708. The second kappa shape index (κ2) is 12.9. The van der Waals surface area contributed by atoms with Crippen LogP contribution in [0, 0.1) is 0 Å². The van der Waals surface area contributed by atoms with Crippen LogP contribution < -0.4 is 11.1 Å². The van der Waals surface area contributed by atoms with E-state index in [-0.39, 0.29) is 11.9 Å². The van der Waals surface area contributed by atoms with Crippen molar-refractivity contribution in [1.29, 1.82) is 0 Å². The molecule has 0 bridgehead atoms. The second-order valence-electron chi connectivity index (χ2n) is 6.79. The van der Waals surface area contributed by atoms with Crippen molar-refractivity contribution in [2.45, 2.75) is 97.7 Å². The zero-order chi connectivity index (χ0) is 17.0. The fourth-order valence-electron chi connectivity index (χ4n) is 3.09. The zero-order valence-electron chi connectivity index (χ0n) is 15.5. The Morgan fingerprint density at radius 2 is 1.64 bits per heavy atom. The predicted molar refractivity (Wildman–Crippen MR) is 96.0 cm³/mol. The number of amides is 1. The van der Waals surface area contributed by atoms with Gasteiger partial charge in [-0.1, -0.05) is 32.6 Å². The van der Waals surface area contributed by atoms with Crippen LogP contribution in [0.15, 0.2) is 0 Å². The van der Waals surface area contributed by atoms with Gasteiger partial charge in [-0.15, -0.1) is 0 Å². The van der Waals surface area contributed by atoms with Crippen LogP contribution in [0.5, 0.6) is 0 Å². The van der Waals surface area contributed by atoms with Crippen LogP contribution in [0.2, 0.25) is 0 Å². The van der Waals surface area contributed by atoms with E-state index in [1.165, 1.54) is 19.3 Å². The van der Waals surface area contributed by atoms with Crippen molar-refractivity contribution in [3.05, 3.63) is 0 Å². The van der Waals surface area contributed by atoms with Crippen LogP contribution in [-0.4, -0.2) is 42.0 Å². The number of hydrogen-bond donors (Lipinski definition) is 2. The summed E-state index contributed by atoms with van der Waals surface area (Å²) in [5.74, 6) is 0.191. The van der Waals surface area contributed by atoms with Gasteiger partial charge in [0.15, 0.2) is 0 Å². The number of hydrogen-bond acceptors (Lipinski definition) is 3. The first-order chi connectivity index (χ1) is 10.5. The average Bonchev–Trinajstić information content (AvgIpc) is 2.45. The van der Waals surface area contributed by atoms with E-state index in [9.17, 15) is 4.79 Å². The molecule has 0 aliphatic carbocycles. The molecule has 4 heteroatoms. The van der Waals surface area contributed by atoms with Gasteiger partial charge >= 0.3 is 0 Å². The van der Waals surface area contributed by atoms with E-state index in [2.05, 4.69) is 44.8 Å². The van der Waals surface area contributed by atoms with Gasteiger partial charge in [-0.05, 0) is 53.5 Å². The Balaban J connectivity index is 4.57. The Bertz CT molecular complexity index is 272. The molecule has 0 rings (SSSR count). The van der Waals surface area contributed by atoms with Gasteiger partial charge in [0, 0.05) is 18.6 Å². The number of nitrogens with zero attached hydrogens (tertiary/aromatic N) is 1. The minimum absolute atomic E-state index is 0.0299. The molecule has 0 heterocycles. The zero-order valence-corrected chi connectivity index (χ0v) is 15.5. The van der Waals surface area contributed by atoms with Gasteiger partial charge in [0.25, 0.3) is 0 Å². The molecule has 3 N–H and O–H groups in total. The number of nitrogens with one attached hydrogen (secondary N) is 1. The highest BCUT2D eigenvalue weighted by Gasteiger charge is 2.29. The average molecular weight is 314 g/mol. The molecule has 0 spiro atoms. The summed E-state index contributed by atoms with van der Waals surface area (Å²) in [6.07, 6.45) is 7.66. The Labute approximate surface area is 138 Å². The summed E-state index contributed by atoms with van der Waals surface area (Å²) < 4.78 is 0. The summed E-state index contributed by atoms with van der Waals surface area (Å²) >= 11 is 0. The minimum atomic E-state index is -0.0299. The number of unbranched alkanes of at least 4 members (excludes halogenated alkanes) is 4. The van der Waals surface area contributed by atoms with Crippen molar-refractivity contribution >= 4 is 5.91 Å². The van der Waals surface area contributed by atoms with Gasteiger partial charge in [0.05, 0.1) is 6.04 Å². The largest absolute Gasteiger partial charge is 0.355 e. The van der Waals surface area contributed by atoms with E-state index in [1.54, 1.807) is 0 Å². The summed E-state index contributed by atoms with van der Waals surface area (Å²) in [5, 5.41) is 3.15. The lowest BCUT2D eigenvalue weighted by Gasteiger charge is -2.37. The van der Waals surface area contributed by atoms with E-state index in [4.69, 9.17) is 5.73 Å². The van der Waals surface area contributed by atoms with Crippen LogP contribution in [0.4, 0.5) is 0 Å². The molecule has 0 aromatic heterocycles. The Morgan fingerprint density at radius 3 is 2.14 bits per heavy atom. The predicted octanol–water partition coefficient (Wildman–Crippen LogP) is 3.30. The van der Waals surface area contributed by atoms with Gasteiger partial charge in [0.2, 0.25) is 5.91 Å². The first-order valence-corrected chi connectivity index (χ1v) is 9.20. The number of carbonyl (C=O) groups excluding carboxylic acids is 1. The van der Waals surface area contributed by atoms with Crippen LogP contribution in [0.1, 0.15) is 79.6 Å². The monoisotopic (exact) mass is 313 g/mol. The summed E-state index contributed by atoms with van der Waals surface area (Å²) in [7, 11) is 0. The molecular weight excluding hydrogens is 274 g/mol. The molecule has 0 aromatic carbocycles. The highest BCUT2D eigenvalue weighted by Crippen LogP contribution is 2.16. The van der Waals surface area contributed by atoms with Crippen molar-refractivity contribution in [3.63, 3.8) is 0 Å². The van der Waals surface area contributed by atoms with Gasteiger partial charge in [-0.25, -0.2) is 0 Å². The van der Waals surface area contributed by atoms with Crippen LogP contribution >= 0.6 is 0 Å². The van der Waals surface area contributed by atoms with E-state index in [0.717, 1.165) is 32.2 Å². The van der Waals surface area contributed by atoms with Crippen LogP contribution in [-0.2, 0) is 4.79 Å². The van der Waals surface area contributed by atoms with Crippen molar-refractivity contribution in [1.82, 2.24) is 10.2 Å². The molecule has 22 heavy (non-hydrogen) atoms. The maximum absolute atomic E-state index is 12.6. The first-order valence-electron chi connectivity index (χ1n) is 9.20. The van der Waals surface area contributed by atoms with Crippen molar-refractivity contribution in [2.75, 3.05) is 13.1 Å². The third-order valence-electron chi connectivity index (χ3n) is 4.12. The Hall–Kier alpha value is -0.610. The molecule has 1 amide bonds. The van der Waals surface area contributed by atoms with Crippen LogP contribution in [0.25, 0.3) is 0 Å². The maximum atomic E-state index is 12.6. The van der Waals surface area contributed by atoms with Gasteiger partial charge in [0.1, 0.15) is 0 Å². The number of carbonyl (C=O) groups is 1. The third-order valence-corrected chi connectivity index (χ3v) is 4.12. The fraction of sp³-hybridized carbons (Fsp3) is 0.944.